The Balaban J connectivity index is 2.02. The molecule has 0 saturated heterocycles. The first-order valence-electron chi connectivity index (χ1n) is 10.9. The molecule has 1 fully saturated rings. The van der Waals surface area contributed by atoms with E-state index in [2.05, 4.69) is 30.7 Å². The number of sulfonamides is 1. The lowest BCUT2D eigenvalue weighted by molar-refractivity contribution is 0.0752. The van der Waals surface area contributed by atoms with Gasteiger partial charge >= 0.3 is 0 Å². The van der Waals surface area contributed by atoms with Crippen molar-refractivity contribution in [2.75, 3.05) is 33.3 Å². The van der Waals surface area contributed by atoms with Crippen molar-refractivity contribution in [3.8, 4) is 17.6 Å². The average molecular weight is 435 g/mol. The molecular formula is C23H34N2O4S. The molecule has 3 atom stereocenters. The molecule has 0 aromatic heterocycles. The van der Waals surface area contributed by atoms with Gasteiger partial charge in [0.15, 0.2) is 0 Å². The van der Waals surface area contributed by atoms with Crippen molar-refractivity contribution in [3.63, 3.8) is 0 Å². The molecular weight excluding hydrogens is 400 g/mol. The highest BCUT2D eigenvalue weighted by Crippen LogP contribution is 2.34. The van der Waals surface area contributed by atoms with Gasteiger partial charge in [-0.3, -0.25) is 0 Å². The number of rotatable bonds is 6. The van der Waals surface area contributed by atoms with Crippen LogP contribution in [0.25, 0.3) is 0 Å². The standard InChI is InChI=1S/C23H34N2O4S/c1-5-12-24(4)15-22-17(2)14-25(18(3)16-26)30(27,28)23-11-10-20(13-21(23)29-22)9-8-19-6-7-19/h10-11,13,17-19,22,26H,5-7,12,14-16H2,1-4H3/t17-,18-,22-/m1/s1. The van der Waals surface area contributed by atoms with Gasteiger partial charge in [-0.25, -0.2) is 8.42 Å². The zero-order valence-corrected chi connectivity index (χ0v) is 19.3. The molecule has 6 nitrogen and oxygen atoms in total. The maximum Gasteiger partial charge on any atom is 0.247 e. The molecule has 1 aromatic rings. The first-order valence-corrected chi connectivity index (χ1v) is 12.3. The Bertz CT molecular complexity index is 902. The molecule has 3 rings (SSSR count). The van der Waals surface area contributed by atoms with Gasteiger partial charge in [-0.15, -0.1) is 0 Å². The Kier molecular flexibility index (Phi) is 7.46. The number of fused-ring (bicyclic) bond motifs is 1. The molecule has 0 bridgehead atoms. The van der Waals surface area contributed by atoms with E-state index in [-0.39, 0.29) is 23.5 Å². The summed E-state index contributed by atoms with van der Waals surface area (Å²) in [4.78, 5) is 2.36. The fraction of sp³-hybridized carbons (Fsp3) is 0.652. The Morgan fingerprint density at radius 2 is 2.10 bits per heavy atom. The maximum absolute atomic E-state index is 13.4. The zero-order chi connectivity index (χ0) is 21.9. The van der Waals surface area contributed by atoms with Gasteiger partial charge in [-0.05, 0) is 58.0 Å². The highest BCUT2D eigenvalue weighted by molar-refractivity contribution is 7.89. The highest BCUT2D eigenvalue weighted by Gasteiger charge is 2.38. The number of hydrogen-bond donors (Lipinski definition) is 1. The van der Waals surface area contributed by atoms with Crippen LogP contribution in [0.1, 0.15) is 45.6 Å². The molecule has 1 N–H and O–H groups in total. The minimum atomic E-state index is -3.80. The van der Waals surface area contributed by atoms with Crippen LogP contribution >= 0.6 is 0 Å². The van der Waals surface area contributed by atoms with E-state index < -0.39 is 16.1 Å². The molecule has 1 aliphatic carbocycles. The summed E-state index contributed by atoms with van der Waals surface area (Å²) in [5.41, 5.74) is 0.770. The van der Waals surface area contributed by atoms with Crippen LogP contribution in [0.2, 0.25) is 0 Å². The molecule has 1 heterocycles. The zero-order valence-electron chi connectivity index (χ0n) is 18.5. The van der Waals surface area contributed by atoms with Gasteiger partial charge in [-0.2, -0.15) is 4.31 Å². The third kappa shape index (κ3) is 5.36. The van der Waals surface area contributed by atoms with E-state index in [1.54, 1.807) is 25.1 Å². The van der Waals surface area contributed by atoms with Gasteiger partial charge in [0.2, 0.25) is 10.0 Å². The molecule has 7 heteroatoms. The molecule has 2 aliphatic rings. The molecule has 0 unspecified atom stereocenters. The van der Waals surface area contributed by atoms with E-state index in [4.69, 9.17) is 4.74 Å². The van der Waals surface area contributed by atoms with Gasteiger partial charge in [0.05, 0.1) is 6.61 Å². The Labute approximate surface area is 181 Å². The van der Waals surface area contributed by atoms with Crippen molar-refractivity contribution in [2.24, 2.45) is 11.8 Å². The van der Waals surface area contributed by atoms with Gasteiger partial charge in [0.1, 0.15) is 16.7 Å². The lowest BCUT2D eigenvalue weighted by Crippen LogP contribution is -2.49. The summed E-state index contributed by atoms with van der Waals surface area (Å²) in [5.74, 6) is 7.17. The van der Waals surface area contributed by atoms with Crippen LogP contribution in [0.4, 0.5) is 0 Å². The predicted octanol–water partition coefficient (Wildman–Crippen LogP) is 2.56. The number of aliphatic hydroxyl groups is 1. The first-order chi connectivity index (χ1) is 14.3. The predicted molar refractivity (Wildman–Crippen MR) is 118 cm³/mol. The van der Waals surface area contributed by atoms with Crippen LogP contribution in [0.5, 0.6) is 5.75 Å². The van der Waals surface area contributed by atoms with Crippen LogP contribution in [0.3, 0.4) is 0 Å². The third-order valence-corrected chi connectivity index (χ3v) is 7.78. The number of nitrogens with zero attached hydrogens (tertiary/aromatic N) is 2. The van der Waals surface area contributed by atoms with Crippen LogP contribution in [0.15, 0.2) is 23.1 Å². The van der Waals surface area contributed by atoms with E-state index in [1.165, 1.54) is 4.31 Å². The Morgan fingerprint density at radius 1 is 1.37 bits per heavy atom. The summed E-state index contributed by atoms with van der Waals surface area (Å²) in [6.45, 7) is 7.61. The van der Waals surface area contributed by atoms with Crippen molar-refractivity contribution in [1.29, 1.82) is 0 Å². The van der Waals surface area contributed by atoms with Crippen molar-refractivity contribution < 1.29 is 18.3 Å². The number of likely N-dealkylation sites (N-methyl/N-ethyl adjacent to an activating group) is 1. The van der Waals surface area contributed by atoms with Crippen molar-refractivity contribution in [2.45, 2.75) is 57.1 Å². The number of benzene rings is 1. The lowest BCUT2D eigenvalue weighted by atomic mass is 10.0. The van der Waals surface area contributed by atoms with E-state index in [1.807, 2.05) is 6.92 Å². The molecule has 1 aliphatic heterocycles. The number of aliphatic hydroxyl groups excluding tert-OH is 1. The monoisotopic (exact) mass is 434 g/mol. The van der Waals surface area contributed by atoms with Crippen molar-refractivity contribution in [1.82, 2.24) is 9.21 Å². The van der Waals surface area contributed by atoms with Gasteiger partial charge in [0, 0.05) is 36.5 Å². The largest absolute Gasteiger partial charge is 0.487 e. The van der Waals surface area contributed by atoms with Crippen LogP contribution < -0.4 is 4.74 Å². The summed E-state index contributed by atoms with van der Waals surface area (Å²) in [7, 11) is -1.74. The van der Waals surface area contributed by atoms with Gasteiger partial charge < -0.3 is 14.7 Å². The lowest BCUT2D eigenvalue weighted by Gasteiger charge is -2.37. The number of hydrogen-bond acceptors (Lipinski definition) is 5. The Morgan fingerprint density at radius 3 is 2.73 bits per heavy atom. The second kappa shape index (κ2) is 9.69. The van der Waals surface area contributed by atoms with E-state index in [0.717, 1.165) is 31.4 Å². The second-order valence-electron chi connectivity index (χ2n) is 8.71. The van der Waals surface area contributed by atoms with Gasteiger partial charge in [0.25, 0.3) is 0 Å². The molecule has 1 saturated carbocycles. The SMILES string of the molecule is CCCN(C)C[C@H]1Oc2cc(C#CC3CC3)ccc2S(=O)(=O)N([C@H](C)CO)C[C@H]1C. The molecule has 30 heavy (non-hydrogen) atoms. The topological polar surface area (TPSA) is 70.1 Å². The highest BCUT2D eigenvalue weighted by atomic mass is 32.2. The average Bonchev–Trinajstić information content (AvgIpc) is 3.53. The summed E-state index contributed by atoms with van der Waals surface area (Å²) in [6, 6.07) is 4.60. The van der Waals surface area contributed by atoms with E-state index >= 15 is 0 Å². The molecule has 0 radical (unpaired) electrons. The molecule has 166 valence electrons. The summed E-state index contributed by atoms with van der Waals surface area (Å²) < 4.78 is 34.6. The van der Waals surface area contributed by atoms with Gasteiger partial charge in [-0.1, -0.05) is 25.7 Å². The van der Waals surface area contributed by atoms with E-state index in [9.17, 15) is 13.5 Å². The summed E-state index contributed by atoms with van der Waals surface area (Å²) in [6.07, 6.45) is 3.15. The minimum Gasteiger partial charge on any atom is -0.487 e. The first kappa shape index (κ1) is 23.1. The fourth-order valence-electron chi connectivity index (χ4n) is 3.71. The molecule has 0 amide bonds. The molecule has 0 spiro atoms. The fourth-order valence-corrected chi connectivity index (χ4v) is 5.54. The smallest absolute Gasteiger partial charge is 0.247 e. The van der Waals surface area contributed by atoms with Crippen molar-refractivity contribution >= 4 is 10.0 Å². The van der Waals surface area contributed by atoms with Crippen LogP contribution in [-0.4, -0.2) is 68.2 Å². The quantitative estimate of drug-likeness (QED) is 0.697. The number of ether oxygens (including phenoxy) is 1. The van der Waals surface area contributed by atoms with E-state index in [0.29, 0.717) is 24.8 Å². The maximum atomic E-state index is 13.4. The summed E-state index contributed by atoms with van der Waals surface area (Å²) >= 11 is 0. The van der Waals surface area contributed by atoms with Crippen LogP contribution in [-0.2, 0) is 10.0 Å². The summed E-state index contributed by atoms with van der Waals surface area (Å²) in [5, 5.41) is 9.71. The normalized spacial score (nSPS) is 24.7. The minimum absolute atomic E-state index is 0.0394. The van der Waals surface area contributed by atoms with Crippen molar-refractivity contribution in [3.05, 3.63) is 23.8 Å². The van der Waals surface area contributed by atoms with Crippen LogP contribution in [0, 0.1) is 23.7 Å². The Hall–Kier alpha value is -1.59. The second-order valence-corrected chi connectivity index (χ2v) is 10.6. The molecule has 1 aromatic carbocycles. The third-order valence-electron chi connectivity index (χ3n) is 5.76.